The first-order valence-electron chi connectivity index (χ1n) is 9.54. The molecule has 0 bridgehead atoms. The van der Waals surface area contributed by atoms with E-state index < -0.39 is 0 Å². The highest BCUT2D eigenvalue weighted by Crippen LogP contribution is 2.33. The van der Waals surface area contributed by atoms with Gasteiger partial charge >= 0.3 is 0 Å². The first-order valence-corrected chi connectivity index (χ1v) is 11.5. The third kappa shape index (κ3) is 3.56. The second-order valence-corrected chi connectivity index (χ2v) is 9.40. The molecule has 26 heavy (non-hydrogen) atoms. The molecule has 0 saturated carbocycles. The molecule has 5 nitrogen and oxygen atoms in total. The minimum atomic E-state index is -0.0130. The number of carbonyl (C=O) groups is 1. The predicted octanol–water partition coefficient (Wildman–Crippen LogP) is 3.50. The summed E-state index contributed by atoms with van der Waals surface area (Å²) in [4.78, 5) is 36.8. The van der Waals surface area contributed by atoms with Gasteiger partial charge in [-0.1, -0.05) is 0 Å². The Hall–Kier alpha value is -1.34. The van der Waals surface area contributed by atoms with Crippen LogP contribution in [0.1, 0.15) is 55.3 Å². The van der Waals surface area contributed by atoms with Gasteiger partial charge in [0.15, 0.2) is 0 Å². The molecule has 3 heterocycles. The van der Waals surface area contributed by atoms with E-state index in [1.807, 2.05) is 4.90 Å². The number of thioether (sulfide) groups is 1. The number of amides is 1. The number of aromatic nitrogens is 2. The Morgan fingerprint density at radius 1 is 1.31 bits per heavy atom. The second kappa shape index (κ2) is 7.72. The number of rotatable bonds is 4. The number of likely N-dealkylation sites (tertiary alicyclic amines) is 1. The van der Waals surface area contributed by atoms with Crippen molar-refractivity contribution in [2.45, 2.75) is 63.7 Å². The topological polar surface area (TPSA) is 66.1 Å². The molecule has 0 spiro atoms. The first kappa shape index (κ1) is 18.0. The molecule has 0 aromatic carbocycles. The first-order chi connectivity index (χ1) is 12.6. The number of aromatic amines is 1. The summed E-state index contributed by atoms with van der Waals surface area (Å²) < 4.78 is 0. The maximum absolute atomic E-state index is 12.5. The molecule has 140 valence electrons. The van der Waals surface area contributed by atoms with Gasteiger partial charge in [-0.15, -0.1) is 23.1 Å². The highest BCUT2D eigenvalue weighted by Gasteiger charge is 2.23. The summed E-state index contributed by atoms with van der Waals surface area (Å²) in [6.45, 7) is 3.01. The molecule has 1 atom stereocenters. The molecule has 1 N–H and O–H groups in total. The molecule has 1 aliphatic carbocycles. The maximum atomic E-state index is 12.5. The van der Waals surface area contributed by atoms with Crippen LogP contribution in [-0.2, 0) is 23.4 Å². The summed E-state index contributed by atoms with van der Waals surface area (Å²) in [5.74, 6) is 1.91. The molecule has 2 aliphatic rings. The zero-order valence-corrected chi connectivity index (χ0v) is 16.8. The van der Waals surface area contributed by atoms with Crippen LogP contribution in [0.3, 0.4) is 0 Å². The van der Waals surface area contributed by atoms with Crippen LogP contribution in [0.2, 0.25) is 0 Å². The van der Waals surface area contributed by atoms with E-state index in [4.69, 9.17) is 0 Å². The molecule has 4 rings (SSSR count). The lowest BCUT2D eigenvalue weighted by atomic mass is 9.97. The van der Waals surface area contributed by atoms with Gasteiger partial charge in [-0.3, -0.25) is 9.59 Å². The molecule has 0 unspecified atom stereocenters. The van der Waals surface area contributed by atoms with Crippen LogP contribution in [0.5, 0.6) is 0 Å². The number of aryl methyl sites for hydroxylation is 2. The largest absolute Gasteiger partial charge is 0.339 e. The molecular formula is C19H25N3O2S2. The molecule has 2 aromatic heterocycles. The highest BCUT2D eigenvalue weighted by molar-refractivity contribution is 7.99. The SMILES string of the molecule is C[C@H]1CCCCN1C(=O)CSCc1nc2sc3c(c2c(=O)[nH]1)CCCC3. The smallest absolute Gasteiger partial charge is 0.259 e. The molecular weight excluding hydrogens is 366 g/mol. The number of hydrogen-bond acceptors (Lipinski definition) is 5. The van der Waals surface area contributed by atoms with Crippen molar-refractivity contribution in [1.29, 1.82) is 0 Å². The molecule has 1 amide bonds. The van der Waals surface area contributed by atoms with Crippen molar-refractivity contribution in [3.63, 3.8) is 0 Å². The minimum Gasteiger partial charge on any atom is -0.339 e. The third-order valence-corrected chi connectivity index (χ3v) is 7.58. The monoisotopic (exact) mass is 391 g/mol. The summed E-state index contributed by atoms with van der Waals surface area (Å²) in [6, 6.07) is 0.351. The molecule has 1 fully saturated rings. The fraction of sp³-hybridized carbons (Fsp3) is 0.632. The quantitative estimate of drug-likeness (QED) is 0.866. The van der Waals surface area contributed by atoms with Crippen LogP contribution in [0.25, 0.3) is 10.2 Å². The van der Waals surface area contributed by atoms with Crippen LogP contribution < -0.4 is 5.56 Å². The standard InChI is InChI=1S/C19H25N3O2S2/c1-12-6-4-5-9-22(12)16(23)11-25-10-15-20-18(24)17-13-7-2-3-8-14(13)26-19(17)21-15/h12H,2-11H2,1H3,(H,20,21,24)/t12-/m0/s1. The number of nitrogens with zero attached hydrogens (tertiary/aromatic N) is 2. The van der Waals surface area contributed by atoms with E-state index in [-0.39, 0.29) is 11.5 Å². The second-order valence-electron chi connectivity index (χ2n) is 7.33. The number of piperidine rings is 1. The number of hydrogen-bond donors (Lipinski definition) is 1. The van der Waals surface area contributed by atoms with E-state index in [0.29, 0.717) is 23.4 Å². The number of carbonyl (C=O) groups excluding carboxylic acids is 1. The molecule has 1 aliphatic heterocycles. The summed E-state index contributed by atoms with van der Waals surface area (Å²) in [5.41, 5.74) is 1.21. The van der Waals surface area contributed by atoms with Crippen molar-refractivity contribution in [3.8, 4) is 0 Å². The Morgan fingerprint density at radius 3 is 3.00 bits per heavy atom. The Kier molecular flexibility index (Phi) is 5.36. The van der Waals surface area contributed by atoms with E-state index in [0.717, 1.165) is 48.9 Å². The zero-order chi connectivity index (χ0) is 18.1. The third-order valence-electron chi connectivity index (χ3n) is 5.46. The van der Waals surface area contributed by atoms with Gasteiger partial charge in [-0.05, 0) is 57.4 Å². The minimum absolute atomic E-state index is 0.0130. The Bertz CT molecular complexity index is 874. The molecule has 2 aromatic rings. The number of thiophene rings is 1. The maximum Gasteiger partial charge on any atom is 0.259 e. The van der Waals surface area contributed by atoms with Crippen LogP contribution in [-0.4, -0.2) is 39.1 Å². The van der Waals surface area contributed by atoms with E-state index in [2.05, 4.69) is 16.9 Å². The summed E-state index contributed by atoms with van der Waals surface area (Å²) in [7, 11) is 0. The fourth-order valence-electron chi connectivity index (χ4n) is 4.06. The lowest BCUT2D eigenvalue weighted by molar-refractivity contribution is -0.131. The van der Waals surface area contributed by atoms with Crippen molar-refractivity contribution < 1.29 is 4.79 Å². The molecule has 0 radical (unpaired) electrons. The van der Waals surface area contributed by atoms with Crippen molar-refractivity contribution in [1.82, 2.24) is 14.9 Å². The Morgan fingerprint density at radius 2 is 2.15 bits per heavy atom. The van der Waals surface area contributed by atoms with Crippen molar-refractivity contribution >= 4 is 39.2 Å². The number of nitrogens with one attached hydrogen (secondary N) is 1. The van der Waals surface area contributed by atoms with Crippen molar-refractivity contribution in [2.24, 2.45) is 0 Å². The summed E-state index contributed by atoms with van der Waals surface area (Å²) in [6.07, 6.45) is 7.86. The Labute approximate surface area is 161 Å². The normalized spacial score (nSPS) is 20.3. The van der Waals surface area contributed by atoms with Gasteiger partial charge in [0.05, 0.1) is 16.9 Å². The van der Waals surface area contributed by atoms with Crippen molar-refractivity contribution in [2.75, 3.05) is 12.3 Å². The zero-order valence-electron chi connectivity index (χ0n) is 15.2. The molecule has 7 heteroatoms. The fourth-order valence-corrected chi connectivity index (χ4v) is 6.12. The van der Waals surface area contributed by atoms with Crippen LogP contribution in [0.4, 0.5) is 0 Å². The lowest BCUT2D eigenvalue weighted by Gasteiger charge is -2.33. The average molecular weight is 392 g/mol. The average Bonchev–Trinajstić information content (AvgIpc) is 3.00. The van der Waals surface area contributed by atoms with E-state index in [1.54, 1.807) is 23.1 Å². The molecule has 1 saturated heterocycles. The number of fused-ring (bicyclic) bond motifs is 3. The van der Waals surface area contributed by atoms with Gasteiger partial charge in [0, 0.05) is 17.5 Å². The van der Waals surface area contributed by atoms with Crippen molar-refractivity contribution in [3.05, 3.63) is 26.6 Å². The van der Waals surface area contributed by atoms with E-state index in [9.17, 15) is 9.59 Å². The highest BCUT2D eigenvalue weighted by atomic mass is 32.2. The van der Waals surface area contributed by atoms with Crippen LogP contribution >= 0.6 is 23.1 Å². The number of H-pyrrole nitrogens is 1. The predicted molar refractivity (Wildman–Crippen MR) is 108 cm³/mol. The van der Waals surface area contributed by atoms with Gasteiger partial charge in [0.1, 0.15) is 10.7 Å². The van der Waals surface area contributed by atoms with E-state index >= 15 is 0 Å². The Balaban J connectivity index is 1.43. The van der Waals surface area contributed by atoms with Crippen LogP contribution in [0, 0.1) is 0 Å². The summed E-state index contributed by atoms with van der Waals surface area (Å²) >= 11 is 3.22. The van der Waals surface area contributed by atoms with Gasteiger partial charge in [0.2, 0.25) is 5.91 Å². The van der Waals surface area contributed by atoms with Gasteiger partial charge < -0.3 is 9.88 Å². The van der Waals surface area contributed by atoms with Gasteiger partial charge in [-0.2, -0.15) is 0 Å². The van der Waals surface area contributed by atoms with Gasteiger partial charge in [-0.25, -0.2) is 4.98 Å². The summed E-state index contributed by atoms with van der Waals surface area (Å²) in [5, 5.41) is 0.802. The van der Waals surface area contributed by atoms with Crippen LogP contribution in [0.15, 0.2) is 4.79 Å². The lowest BCUT2D eigenvalue weighted by Crippen LogP contribution is -2.42. The van der Waals surface area contributed by atoms with Gasteiger partial charge in [0.25, 0.3) is 5.56 Å². The van der Waals surface area contributed by atoms with E-state index in [1.165, 1.54) is 23.3 Å².